The van der Waals surface area contributed by atoms with Gasteiger partial charge in [0.2, 0.25) is 24.6 Å². The molecule has 0 aromatic heterocycles. The topological polar surface area (TPSA) is 151 Å². The minimum absolute atomic E-state index is 0.0735. The normalized spacial score (nSPS) is 15.3. The maximum absolute atomic E-state index is 12.9. The van der Waals surface area contributed by atoms with Crippen LogP contribution in [0.15, 0.2) is 12.7 Å². The van der Waals surface area contributed by atoms with Crippen LogP contribution in [0, 0.1) is 17.8 Å². The molecule has 37 heavy (non-hydrogen) atoms. The standard InChI is InChI=1S/C19H31N3O3.C4H7NO.C3H8.CH3NO/c1-7-8-10-14(13(2)23)21-17(24)15-11-9-12-22(15)18(25)16(20-6)19(3,4)5;1-2-3-5-4-6;1-3-2;2-1-3/h1,14-16,20H,8-12H2,2-6H3,(H,21,24);2,4H,1,3H2,(H,5,6);3H2,1-2H3;1H,(H2,2,3). The molecule has 0 radical (unpaired) electrons. The van der Waals surface area contributed by atoms with Crippen LogP contribution in [-0.4, -0.2) is 73.6 Å². The first kappa shape index (κ1) is 38.3. The van der Waals surface area contributed by atoms with Crippen molar-refractivity contribution in [2.45, 2.75) is 91.8 Å². The summed E-state index contributed by atoms with van der Waals surface area (Å²) < 4.78 is 0. The van der Waals surface area contributed by atoms with Crippen molar-refractivity contribution in [3.8, 4) is 12.3 Å². The van der Waals surface area contributed by atoms with Gasteiger partial charge in [-0.15, -0.1) is 18.9 Å². The van der Waals surface area contributed by atoms with E-state index in [0.29, 0.717) is 38.8 Å². The molecule has 3 unspecified atom stereocenters. The second kappa shape index (κ2) is 23.2. The van der Waals surface area contributed by atoms with Crippen LogP contribution in [-0.2, 0) is 24.0 Å². The number of hydrogen-bond acceptors (Lipinski definition) is 6. The number of terminal acetylenes is 1. The Morgan fingerprint density at radius 1 is 1.24 bits per heavy atom. The van der Waals surface area contributed by atoms with E-state index in [0.717, 1.165) is 6.42 Å². The first-order chi connectivity index (χ1) is 17.4. The Hall–Kier alpha value is -3.19. The highest BCUT2D eigenvalue weighted by Crippen LogP contribution is 2.25. The molecule has 0 aromatic carbocycles. The lowest BCUT2D eigenvalue weighted by Crippen LogP contribution is -2.56. The van der Waals surface area contributed by atoms with Gasteiger partial charge < -0.3 is 26.6 Å². The molecule has 5 N–H and O–H groups in total. The zero-order valence-electron chi connectivity index (χ0n) is 23.8. The molecular formula is C27H49N5O5. The highest BCUT2D eigenvalue weighted by molar-refractivity contribution is 5.93. The molecule has 1 aliphatic rings. The van der Waals surface area contributed by atoms with E-state index < -0.39 is 12.1 Å². The van der Waals surface area contributed by atoms with Gasteiger partial charge in [0.15, 0.2) is 5.78 Å². The number of likely N-dealkylation sites (tertiary alicyclic amines) is 1. The van der Waals surface area contributed by atoms with Crippen molar-refractivity contribution in [2.24, 2.45) is 11.1 Å². The van der Waals surface area contributed by atoms with E-state index in [4.69, 9.17) is 11.2 Å². The summed E-state index contributed by atoms with van der Waals surface area (Å²) in [5.41, 5.74) is 3.91. The van der Waals surface area contributed by atoms with Crippen LogP contribution in [0.5, 0.6) is 0 Å². The lowest BCUT2D eigenvalue weighted by molar-refractivity contribution is -0.142. The number of ketones is 1. The molecule has 1 heterocycles. The molecule has 1 aliphatic heterocycles. The molecule has 10 nitrogen and oxygen atoms in total. The van der Waals surface area contributed by atoms with Crippen molar-refractivity contribution in [2.75, 3.05) is 20.1 Å². The second-order valence-electron chi connectivity index (χ2n) is 9.35. The third kappa shape index (κ3) is 17.8. The first-order valence-corrected chi connectivity index (χ1v) is 12.5. The van der Waals surface area contributed by atoms with E-state index in [1.165, 1.54) is 13.3 Å². The van der Waals surface area contributed by atoms with Gasteiger partial charge in [-0.25, -0.2) is 0 Å². The number of Topliss-reactive ketones (excluding diaryl/α,β-unsaturated/α-hetero) is 1. The zero-order chi connectivity index (χ0) is 29.4. The maximum Gasteiger partial charge on any atom is 0.243 e. The number of rotatable bonds is 10. The number of likely N-dealkylation sites (N-methyl/N-ethyl adjacent to an activating group) is 1. The van der Waals surface area contributed by atoms with Gasteiger partial charge in [-0.05, 0) is 38.6 Å². The summed E-state index contributed by atoms with van der Waals surface area (Å²) in [5, 5.41) is 8.24. The largest absolute Gasteiger partial charge is 0.372 e. The van der Waals surface area contributed by atoms with Gasteiger partial charge >= 0.3 is 0 Å². The molecule has 10 heteroatoms. The molecule has 0 bridgehead atoms. The van der Waals surface area contributed by atoms with Crippen molar-refractivity contribution in [1.29, 1.82) is 0 Å². The molecule has 0 aliphatic carbocycles. The molecule has 0 spiro atoms. The lowest BCUT2D eigenvalue weighted by atomic mass is 9.86. The summed E-state index contributed by atoms with van der Waals surface area (Å²) in [7, 11) is 1.75. The quantitative estimate of drug-likeness (QED) is 0.148. The molecule has 3 atom stereocenters. The highest BCUT2D eigenvalue weighted by Gasteiger charge is 2.40. The minimum Gasteiger partial charge on any atom is -0.372 e. The van der Waals surface area contributed by atoms with Gasteiger partial charge in [0.05, 0.1) is 12.1 Å². The predicted molar refractivity (Wildman–Crippen MR) is 148 cm³/mol. The Labute approximate surface area is 223 Å². The minimum atomic E-state index is -0.594. The van der Waals surface area contributed by atoms with E-state index in [-0.39, 0.29) is 35.5 Å². The number of hydrogen-bond donors (Lipinski definition) is 4. The Bertz CT molecular complexity index is 720. The van der Waals surface area contributed by atoms with E-state index in [1.54, 1.807) is 18.0 Å². The van der Waals surface area contributed by atoms with Gasteiger partial charge in [0, 0.05) is 19.5 Å². The molecular weight excluding hydrogens is 474 g/mol. The highest BCUT2D eigenvalue weighted by atomic mass is 16.2. The fourth-order valence-corrected chi connectivity index (χ4v) is 3.40. The van der Waals surface area contributed by atoms with Gasteiger partial charge in [-0.3, -0.25) is 24.0 Å². The second-order valence-corrected chi connectivity index (χ2v) is 9.35. The Morgan fingerprint density at radius 2 is 1.78 bits per heavy atom. The smallest absolute Gasteiger partial charge is 0.243 e. The van der Waals surface area contributed by atoms with Crippen LogP contribution in [0.25, 0.3) is 0 Å². The van der Waals surface area contributed by atoms with Gasteiger partial charge in [0.25, 0.3) is 0 Å². The fourth-order valence-electron chi connectivity index (χ4n) is 3.40. The molecule has 0 aromatic rings. The summed E-state index contributed by atoms with van der Waals surface area (Å²) in [6, 6.07) is -1.49. The van der Waals surface area contributed by atoms with Crippen LogP contribution in [0.2, 0.25) is 0 Å². The SMILES string of the molecule is C#CCCC(NC(=O)C1CCCN1C(=O)C(NC)C(C)(C)C)C(C)=O.C=CCNC=O.CCC.NC=O. The summed E-state index contributed by atoms with van der Waals surface area (Å²) in [5.74, 6) is 2.02. The monoisotopic (exact) mass is 523 g/mol. The molecule has 212 valence electrons. The van der Waals surface area contributed by atoms with E-state index in [9.17, 15) is 19.2 Å². The molecule has 1 fully saturated rings. The third-order valence-corrected chi connectivity index (χ3v) is 4.97. The van der Waals surface area contributed by atoms with Crippen molar-refractivity contribution in [3.05, 3.63) is 12.7 Å². The molecule has 1 rings (SSSR count). The number of amides is 4. The number of carbonyl (C=O) groups excluding carboxylic acids is 5. The van der Waals surface area contributed by atoms with Crippen LogP contribution in [0.1, 0.15) is 73.6 Å². The molecule has 1 saturated heterocycles. The van der Waals surface area contributed by atoms with Crippen LogP contribution in [0.3, 0.4) is 0 Å². The average Bonchev–Trinajstić information content (AvgIpc) is 3.31. The van der Waals surface area contributed by atoms with Crippen molar-refractivity contribution < 1.29 is 24.0 Å². The Morgan fingerprint density at radius 3 is 2.14 bits per heavy atom. The van der Waals surface area contributed by atoms with Crippen LogP contribution < -0.4 is 21.7 Å². The maximum atomic E-state index is 12.9. The molecule has 0 saturated carbocycles. The third-order valence-electron chi connectivity index (χ3n) is 4.97. The summed E-state index contributed by atoms with van der Waals surface area (Å²) in [6.07, 6.45) is 11.2. The van der Waals surface area contributed by atoms with E-state index in [1.807, 2.05) is 20.8 Å². The van der Waals surface area contributed by atoms with Crippen molar-refractivity contribution >= 4 is 30.4 Å². The lowest BCUT2D eigenvalue weighted by Gasteiger charge is -2.35. The van der Waals surface area contributed by atoms with Gasteiger partial charge in [-0.2, -0.15) is 0 Å². The van der Waals surface area contributed by atoms with E-state index >= 15 is 0 Å². The number of nitrogens with one attached hydrogen (secondary N) is 3. The predicted octanol–water partition coefficient (Wildman–Crippen LogP) is 1.53. The molecule has 4 amide bonds. The van der Waals surface area contributed by atoms with Crippen LogP contribution >= 0.6 is 0 Å². The van der Waals surface area contributed by atoms with Crippen molar-refractivity contribution in [3.63, 3.8) is 0 Å². The number of carbonyl (C=O) groups is 5. The Balaban J connectivity index is -0.000000803. The zero-order valence-corrected chi connectivity index (χ0v) is 23.8. The first-order valence-electron chi connectivity index (χ1n) is 12.5. The summed E-state index contributed by atoms with van der Waals surface area (Å²) in [4.78, 5) is 56.9. The van der Waals surface area contributed by atoms with E-state index in [2.05, 4.69) is 48.0 Å². The number of primary amides is 1. The fraction of sp³-hybridized carbons (Fsp3) is 0.667. The van der Waals surface area contributed by atoms with Gasteiger partial charge in [0.1, 0.15) is 6.04 Å². The van der Waals surface area contributed by atoms with Crippen molar-refractivity contribution in [1.82, 2.24) is 20.9 Å². The average molecular weight is 524 g/mol. The summed E-state index contributed by atoms with van der Waals surface area (Å²) >= 11 is 0. The summed E-state index contributed by atoms with van der Waals surface area (Å²) in [6.45, 7) is 16.1. The number of nitrogens with zero attached hydrogens (tertiary/aromatic N) is 1. The Kier molecular flexibility index (Phi) is 24.1. The van der Waals surface area contributed by atoms with Crippen LogP contribution in [0.4, 0.5) is 0 Å². The van der Waals surface area contributed by atoms with Gasteiger partial charge in [-0.1, -0.05) is 47.1 Å². The number of nitrogens with two attached hydrogens (primary N) is 1.